The Morgan fingerprint density at radius 2 is 2.00 bits per heavy atom. The molecule has 1 heterocycles. The highest BCUT2D eigenvalue weighted by molar-refractivity contribution is 6.07. The molecule has 2 atom stereocenters. The van der Waals surface area contributed by atoms with Crippen LogP contribution >= 0.6 is 0 Å². The molecule has 2 saturated carbocycles. The van der Waals surface area contributed by atoms with Crippen LogP contribution in [0.15, 0.2) is 4.99 Å². The van der Waals surface area contributed by atoms with Crippen molar-refractivity contribution in [2.45, 2.75) is 70.4 Å². The van der Waals surface area contributed by atoms with Crippen molar-refractivity contribution >= 4 is 11.9 Å². The highest BCUT2D eigenvalue weighted by Crippen LogP contribution is 2.48. The van der Waals surface area contributed by atoms with Crippen molar-refractivity contribution in [3.05, 3.63) is 0 Å². The lowest BCUT2D eigenvalue weighted by molar-refractivity contribution is -0.125. The predicted octanol–water partition coefficient (Wildman–Crippen LogP) is 2.20. The van der Waals surface area contributed by atoms with Gasteiger partial charge in [-0.25, -0.2) is 4.99 Å². The summed E-state index contributed by atoms with van der Waals surface area (Å²) in [5, 5.41) is 6.25. The van der Waals surface area contributed by atoms with Gasteiger partial charge in [0.1, 0.15) is 5.54 Å². The molecule has 2 fully saturated rings. The zero-order chi connectivity index (χ0) is 13.7. The third-order valence-electron chi connectivity index (χ3n) is 4.53. The molecular weight excluding hydrogens is 238 g/mol. The molecule has 0 radical (unpaired) electrons. The fraction of sp³-hybridized carbons (Fsp3) is 0.867. The van der Waals surface area contributed by atoms with Crippen LogP contribution in [0.2, 0.25) is 0 Å². The Labute approximate surface area is 115 Å². The van der Waals surface area contributed by atoms with Gasteiger partial charge in [0.15, 0.2) is 5.96 Å². The minimum absolute atomic E-state index is 0.0673. The first kappa shape index (κ1) is 12.9. The Morgan fingerprint density at radius 3 is 2.63 bits per heavy atom. The second kappa shape index (κ2) is 4.22. The predicted molar refractivity (Wildman–Crippen MR) is 75.9 cm³/mol. The lowest BCUT2D eigenvalue weighted by atomic mass is 9.74. The van der Waals surface area contributed by atoms with Crippen LogP contribution in [-0.2, 0) is 4.79 Å². The fourth-order valence-electron chi connectivity index (χ4n) is 3.50. The number of hydrogen-bond acceptors (Lipinski definition) is 3. The van der Waals surface area contributed by atoms with Crippen LogP contribution in [0, 0.1) is 11.8 Å². The van der Waals surface area contributed by atoms with Gasteiger partial charge in [-0.3, -0.25) is 10.1 Å². The maximum Gasteiger partial charge on any atom is 0.254 e. The number of rotatable bonds is 1. The SMILES string of the molecule is CC(C)(C)NC1=NC2(CCCC(C3CC3)C2)C(=O)N1. The number of guanidine groups is 1. The van der Waals surface area contributed by atoms with Crippen molar-refractivity contribution < 1.29 is 4.79 Å². The van der Waals surface area contributed by atoms with Gasteiger partial charge in [0, 0.05) is 5.54 Å². The average Bonchev–Trinajstić information content (AvgIpc) is 3.06. The van der Waals surface area contributed by atoms with Crippen LogP contribution in [0.25, 0.3) is 0 Å². The quantitative estimate of drug-likeness (QED) is 0.762. The number of carbonyl (C=O) groups is 1. The molecule has 1 spiro atoms. The minimum atomic E-state index is -0.459. The van der Waals surface area contributed by atoms with Gasteiger partial charge in [-0.05, 0) is 64.7 Å². The highest BCUT2D eigenvalue weighted by Gasteiger charge is 2.49. The number of carbonyl (C=O) groups excluding carboxylic acids is 1. The zero-order valence-corrected chi connectivity index (χ0v) is 12.3. The standard InChI is InChI=1S/C15H25N3O/c1-14(2,3)17-13-16-12(19)15(18-13)8-4-5-11(9-15)10-6-7-10/h10-11H,4-9H2,1-3H3,(H2,16,17,18,19). The van der Waals surface area contributed by atoms with Gasteiger partial charge in [-0.2, -0.15) is 0 Å². The summed E-state index contributed by atoms with van der Waals surface area (Å²) >= 11 is 0. The fourth-order valence-corrected chi connectivity index (χ4v) is 3.50. The third kappa shape index (κ3) is 2.63. The average molecular weight is 263 g/mol. The molecule has 2 aliphatic carbocycles. The van der Waals surface area contributed by atoms with Crippen molar-refractivity contribution in [2.75, 3.05) is 0 Å². The van der Waals surface area contributed by atoms with E-state index in [9.17, 15) is 4.79 Å². The van der Waals surface area contributed by atoms with Gasteiger partial charge in [0.05, 0.1) is 0 Å². The molecule has 3 rings (SSSR count). The number of amides is 1. The molecule has 4 nitrogen and oxygen atoms in total. The Kier molecular flexibility index (Phi) is 2.88. The molecule has 0 aromatic heterocycles. The van der Waals surface area contributed by atoms with Gasteiger partial charge >= 0.3 is 0 Å². The Morgan fingerprint density at radius 1 is 1.26 bits per heavy atom. The van der Waals surface area contributed by atoms with Crippen molar-refractivity contribution in [2.24, 2.45) is 16.8 Å². The third-order valence-corrected chi connectivity index (χ3v) is 4.53. The largest absolute Gasteiger partial charge is 0.351 e. The van der Waals surface area contributed by atoms with E-state index in [1.165, 1.54) is 19.3 Å². The summed E-state index contributed by atoms with van der Waals surface area (Å²) in [7, 11) is 0. The summed E-state index contributed by atoms with van der Waals surface area (Å²) in [4.78, 5) is 17.1. The van der Waals surface area contributed by atoms with E-state index in [2.05, 4.69) is 31.4 Å². The first-order chi connectivity index (χ1) is 8.88. The first-order valence-electron chi connectivity index (χ1n) is 7.57. The van der Waals surface area contributed by atoms with Gasteiger partial charge in [0.2, 0.25) is 0 Å². The molecule has 2 unspecified atom stereocenters. The second-order valence-corrected chi connectivity index (χ2v) is 7.51. The summed E-state index contributed by atoms with van der Waals surface area (Å²) in [6.07, 6.45) is 7.02. The molecule has 1 amide bonds. The van der Waals surface area contributed by atoms with Gasteiger partial charge < -0.3 is 5.32 Å². The van der Waals surface area contributed by atoms with E-state index in [-0.39, 0.29) is 11.4 Å². The van der Waals surface area contributed by atoms with Gasteiger partial charge in [-0.15, -0.1) is 0 Å². The van der Waals surface area contributed by atoms with E-state index in [1.807, 2.05) is 0 Å². The van der Waals surface area contributed by atoms with Gasteiger partial charge in [0.25, 0.3) is 5.91 Å². The molecule has 19 heavy (non-hydrogen) atoms. The molecule has 1 aliphatic heterocycles. The maximum absolute atomic E-state index is 12.4. The molecule has 3 aliphatic rings. The van der Waals surface area contributed by atoms with Crippen LogP contribution < -0.4 is 10.6 Å². The van der Waals surface area contributed by atoms with Crippen LogP contribution in [0.1, 0.15) is 59.3 Å². The summed E-state index contributed by atoms with van der Waals surface area (Å²) < 4.78 is 0. The number of hydrogen-bond donors (Lipinski definition) is 2. The molecule has 0 aromatic carbocycles. The van der Waals surface area contributed by atoms with Crippen molar-refractivity contribution in [1.29, 1.82) is 0 Å². The smallest absolute Gasteiger partial charge is 0.254 e. The van der Waals surface area contributed by atoms with Crippen LogP contribution in [-0.4, -0.2) is 22.9 Å². The van der Waals surface area contributed by atoms with Crippen LogP contribution in [0.5, 0.6) is 0 Å². The lowest BCUT2D eigenvalue weighted by Gasteiger charge is -2.33. The topological polar surface area (TPSA) is 53.5 Å². The van der Waals surface area contributed by atoms with E-state index in [0.29, 0.717) is 5.96 Å². The van der Waals surface area contributed by atoms with Crippen molar-refractivity contribution in [1.82, 2.24) is 10.6 Å². The molecule has 2 N–H and O–H groups in total. The molecule has 0 bridgehead atoms. The number of aliphatic imine (C=N–C) groups is 1. The molecular formula is C15H25N3O. The summed E-state index contributed by atoms with van der Waals surface area (Å²) in [5.74, 6) is 2.38. The number of nitrogens with one attached hydrogen (secondary N) is 2. The minimum Gasteiger partial charge on any atom is -0.351 e. The van der Waals surface area contributed by atoms with E-state index in [1.54, 1.807) is 0 Å². The van der Waals surface area contributed by atoms with Crippen LogP contribution in [0.4, 0.5) is 0 Å². The van der Waals surface area contributed by atoms with Crippen molar-refractivity contribution in [3.8, 4) is 0 Å². The van der Waals surface area contributed by atoms with Gasteiger partial charge in [-0.1, -0.05) is 6.42 Å². The monoisotopic (exact) mass is 263 g/mol. The Hall–Kier alpha value is -1.06. The highest BCUT2D eigenvalue weighted by atomic mass is 16.2. The van der Waals surface area contributed by atoms with Crippen molar-refractivity contribution in [3.63, 3.8) is 0 Å². The normalized spacial score (nSPS) is 35.2. The van der Waals surface area contributed by atoms with Crippen LogP contribution in [0.3, 0.4) is 0 Å². The van der Waals surface area contributed by atoms with E-state index in [0.717, 1.165) is 31.1 Å². The maximum atomic E-state index is 12.4. The van der Waals surface area contributed by atoms with E-state index in [4.69, 9.17) is 4.99 Å². The first-order valence-corrected chi connectivity index (χ1v) is 7.57. The Bertz CT molecular complexity index is 420. The zero-order valence-electron chi connectivity index (χ0n) is 12.3. The molecule has 106 valence electrons. The summed E-state index contributed by atoms with van der Waals surface area (Å²) in [6.45, 7) is 6.25. The molecule has 0 saturated heterocycles. The molecule has 0 aromatic rings. The lowest BCUT2D eigenvalue weighted by Crippen LogP contribution is -2.48. The Balaban J connectivity index is 1.76. The number of nitrogens with zero attached hydrogens (tertiary/aromatic N) is 1. The van der Waals surface area contributed by atoms with E-state index >= 15 is 0 Å². The second-order valence-electron chi connectivity index (χ2n) is 7.51. The summed E-state index contributed by atoms with van der Waals surface area (Å²) in [6, 6.07) is 0. The van der Waals surface area contributed by atoms with E-state index < -0.39 is 5.54 Å². The summed E-state index contributed by atoms with van der Waals surface area (Å²) in [5.41, 5.74) is -0.526. The molecule has 4 heteroatoms.